The topological polar surface area (TPSA) is 70.1 Å². The lowest BCUT2D eigenvalue weighted by molar-refractivity contribution is -0.141. The van der Waals surface area contributed by atoms with Crippen LogP contribution in [0, 0.1) is 0 Å². The normalized spacial score (nSPS) is 13.5. The number of alkyl halides is 3. The first-order chi connectivity index (χ1) is 8.72. The molecule has 0 fully saturated rings. The molecular weight excluding hydrogens is 261 g/mol. The van der Waals surface area contributed by atoms with Crippen LogP contribution in [-0.2, 0) is 6.18 Å². The number of nitrogens with one attached hydrogen (secondary N) is 2. The van der Waals surface area contributed by atoms with Crippen molar-refractivity contribution in [2.75, 3.05) is 17.2 Å². The third-order valence-electron chi connectivity index (χ3n) is 2.10. The van der Waals surface area contributed by atoms with Crippen LogP contribution in [0.15, 0.2) is 6.07 Å². The fourth-order valence-electron chi connectivity index (χ4n) is 1.29. The molecule has 1 rings (SSSR count). The van der Waals surface area contributed by atoms with Crippen LogP contribution in [0.4, 0.5) is 24.9 Å². The molecule has 1 heterocycles. The second kappa shape index (κ2) is 6.05. The number of rotatable bonds is 5. The third kappa shape index (κ3) is 4.90. The molecule has 0 aromatic carbocycles. The number of aliphatic hydroxyl groups is 1. The van der Waals surface area contributed by atoms with E-state index in [9.17, 15) is 13.2 Å². The number of aromatic nitrogens is 2. The Morgan fingerprint density at radius 3 is 2.32 bits per heavy atom. The van der Waals surface area contributed by atoms with E-state index in [4.69, 9.17) is 5.11 Å². The van der Waals surface area contributed by atoms with Gasteiger partial charge in [0.25, 0.3) is 0 Å². The van der Waals surface area contributed by atoms with Crippen LogP contribution in [0.2, 0.25) is 0 Å². The number of anilines is 2. The minimum absolute atomic E-state index is 0.0564. The predicted molar refractivity (Wildman–Crippen MR) is 66.0 cm³/mol. The van der Waals surface area contributed by atoms with Gasteiger partial charge in [-0.05, 0) is 20.8 Å². The summed E-state index contributed by atoms with van der Waals surface area (Å²) in [5, 5.41) is 14.3. The van der Waals surface area contributed by atoms with E-state index in [1.807, 2.05) is 0 Å². The molecule has 3 N–H and O–H groups in total. The third-order valence-corrected chi connectivity index (χ3v) is 2.10. The first-order valence-corrected chi connectivity index (χ1v) is 5.82. The number of halogens is 3. The van der Waals surface area contributed by atoms with Crippen molar-refractivity contribution in [1.82, 2.24) is 9.97 Å². The Morgan fingerprint density at radius 1 is 1.21 bits per heavy atom. The predicted octanol–water partition coefficient (Wildman–Crippen LogP) is 2.11. The fourth-order valence-corrected chi connectivity index (χ4v) is 1.29. The molecular formula is C11H17F3N4O. The summed E-state index contributed by atoms with van der Waals surface area (Å²) in [4.78, 5) is 7.33. The summed E-state index contributed by atoms with van der Waals surface area (Å²) in [7, 11) is 0. The molecule has 1 aromatic rings. The number of nitrogens with zero attached hydrogens (tertiary/aromatic N) is 2. The quantitative estimate of drug-likeness (QED) is 0.769. The molecule has 0 saturated carbocycles. The van der Waals surface area contributed by atoms with Gasteiger partial charge in [-0.25, -0.2) is 4.98 Å². The van der Waals surface area contributed by atoms with E-state index in [2.05, 4.69) is 20.6 Å². The van der Waals surface area contributed by atoms with Crippen LogP contribution in [0.25, 0.3) is 0 Å². The van der Waals surface area contributed by atoms with Gasteiger partial charge < -0.3 is 15.7 Å². The Labute approximate surface area is 109 Å². The van der Waals surface area contributed by atoms with Crippen LogP contribution in [0.1, 0.15) is 26.5 Å². The lowest BCUT2D eigenvalue weighted by Crippen LogP contribution is -2.23. The Balaban J connectivity index is 3.09. The molecule has 1 atom stereocenters. The SMILES string of the molecule is CC(C)Nc1cc(C(F)(F)F)nc(N[C@H](C)CO)n1. The summed E-state index contributed by atoms with van der Waals surface area (Å²) in [6, 6.07) is 0.365. The van der Waals surface area contributed by atoms with Gasteiger partial charge in [-0.3, -0.25) is 0 Å². The number of hydrogen-bond acceptors (Lipinski definition) is 5. The standard InChI is InChI=1S/C11H17F3N4O/c1-6(2)15-9-4-8(11(12,13)14)17-10(18-9)16-7(3)5-19/h4,6-7,19H,5H2,1-3H3,(H2,15,16,17,18)/t7-/m1/s1. The molecule has 1 aromatic heterocycles. The molecule has 0 aliphatic rings. The summed E-state index contributed by atoms with van der Waals surface area (Å²) in [6.07, 6.45) is -4.55. The van der Waals surface area contributed by atoms with Crippen molar-refractivity contribution in [1.29, 1.82) is 0 Å². The molecule has 0 saturated heterocycles. The number of hydrogen-bond donors (Lipinski definition) is 3. The van der Waals surface area contributed by atoms with Crippen LogP contribution in [0.5, 0.6) is 0 Å². The van der Waals surface area contributed by atoms with Gasteiger partial charge in [-0.15, -0.1) is 0 Å². The van der Waals surface area contributed by atoms with E-state index in [-0.39, 0.29) is 24.4 Å². The van der Waals surface area contributed by atoms with E-state index >= 15 is 0 Å². The van der Waals surface area contributed by atoms with Crippen LogP contribution in [0.3, 0.4) is 0 Å². The maximum Gasteiger partial charge on any atom is 0.433 e. The van der Waals surface area contributed by atoms with E-state index in [1.54, 1.807) is 20.8 Å². The molecule has 0 spiro atoms. The zero-order valence-electron chi connectivity index (χ0n) is 10.9. The van der Waals surface area contributed by atoms with Gasteiger partial charge in [0, 0.05) is 18.2 Å². The summed E-state index contributed by atoms with van der Waals surface area (Å²) in [5.41, 5.74) is -1.03. The lowest BCUT2D eigenvalue weighted by atomic mass is 10.3. The van der Waals surface area contributed by atoms with Gasteiger partial charge in [-0.2, -0.15) is 18.2 Å². The van der Waals surface area contributed by atoms with Crippen molar-refractivity contribution in [3.8, 4) is 0 Å². The molecule has 0 aliphatic heterocycles. The first-order valence-electron chi connectivity index (χ1n) is 5.82. The molecule has 5 nitrogen and oxygen atoms in total. The first kappa shape index (κ1) is 15.5. The maximum absolute atomic E-state index is 12.7. The second-order valence-corrected chi connectivity index (χ2v) is 4.49. The monoisotopic (exact) mass is 278 g/mol. The highest BCUT2D eigenvalue weighted by Crippen LogP contribution is 2.29. The second-order valence-electron chi connectivity index (χ2n) is 4.49. The minimum atomic E-state index is -4.55. The Kier molecular flexibility index (Phi) is 4.93. The van der Waals surface area contributed by atoms with Gasteiger partial charge in [0.15, 0.2) is 5.69 Å². The van der Waals surface area contributed by atoms with Gasteiger partial charge in [0.05, 0.1) is 6.61 Å². The van der Waals surface area contributed by atoms with Crippen molar-refractivity contribution in [3.63, 3.8) is 0 Å². The minimum Gasteiger partial charge on any atom is -0.394 e. The van der Waals surface area contributed by atoms with Gasteiger partial charge in [0.2, 0.25) is 5.95 Å². The van der Waals surface area contributed by atoms with Crippen molar-refractivity contribution in [3.05, 3.63) is 11.8 Å². The molecule has 0 radical (unpaired) electrons. The van der Waals surface area contributed by atoms with E-state index < -0.39 is 17.9 Å². The Hall–Kier alpha value is -1.57. The smallest absolute Gasteiger partial charge is 0.394 e. The summed E-state index contributed by atoms with van der Waals surface area (Å²) < 4.78 is 38.1. The average Bonchev–Trinajstić information content (AvgIpc) is 2.26. The fraction of sp³-hybridized carbons (Fsp3) is 0.636. The highest BCUT2D eigenvalue weighted by Gasteiger charge is 2.33. The molecule has 0 bridgehead atoms. The van der Waals surface area contributed by atoms with Gasteiger partial charge >= 0.3 is 6.18 Å². The highest BCUT2D eigenvalue weighted by molar-refractivity contribution is 5.44. The van der Waals surface area contributed by atoms with E-state index in [0.29, 0.717) is 0 Å². The summed E-state index contributed by atoms with van der Waals surface area (Å²) in [6.45, 7) is 4.96. The lowest BCUT2D eigenvalue weighted by Gasteiger charge is -2.16. The molecule has 108 valence electrons. The molecule has 0 unspecified atom stereocenters. The molecule has 0 amide bonds. The van der Waals surface area contributed by atoms with E-state index in [1.165, 1.54) is 0 Å². The zero-order chi connectivity index (χ0) is 14.6. The average molecular weight is 278 g/mol. The van der Waals surface area contributed by atoms with Crippen LogP contribution >= 0.6 is 0 Å². The molecule has 19 heavy (non-hydrogen) atoms. The highest BCUT2D eigenvalue weighted by atomic mass is 19.4. The van der Waals surface area contributed by atoms with Crippen molar-refractivity contribution in [2.24, 2.45) is 0 Å². The Bertz CT molecular complexity index is 423. The van der Waals surface area contributed by atoms with Crippen molar-refractivity contribution in [2.45, 2.75) is 39.0 Å². The molecule has 0 aliphatic carbocycles. The Morgan fingerprint density at radius 2 is 1.84 bits per heavy atom. The van der Waals surface area contributed by atoms with Gasteiger partial charge in [-0.1, -0.05) is 0 Å². The number of aliphatic hydroxyl groups excluding tert-OH is 1. The van der Waals surface area contributed by atoms with Crippen molar-refractivity contribution < 1.29 is 18.3 Å². The summed E-state index contributed by atoms with van der Waals surface area (Å²) in [5.74, 6) is -0.0792. The van der Waals surface area contributed by atoms with E-state index in [0.717, 1.165) is 6.07 Å². The largest absolute Gasteiger partial charge is 0.433 e. The zero-order valence-corrected chi connectivity index (χ0v) is 10.9. The van der Waals surface area contributed by atoms with Crippen LogP contribution in [-0.4, -0.2) is 33.8 Å². The van der Waals surface area contributed by atoms with Crippen molar-refractivity contribution >= 4 is 11.8 Å². The van der Waals surface area contributed by atoms with Crippen LogP contribution < -0.4 is 10.6 Å². The summed E-state index contributed by atoms with van der Waals surface area (Å²) >= 11 is 0. The molecule has 8 heteroatoms. The van der Waals surface area contributed by atoms with Gasteiger partial charge in [0.1, 0.15) is 5.82 Å². The maximum atomic E-state index is 12.7.